The summed E-state index contributed by atoms with van der Waals surface area (Å²) in [7, 11) is 0. The zero-order chi connectivity index (χ0) is 18.4. The fraction of sp³-hybridized carbons (Fsp3) is 0.450. The molecule has 0 radical (unpaired) electrons. The number of ether oxygens (including phenoxy) is 1. The largest absolute Gasteiger partial charge is 0.377 e. The number of H-pyrrole nitrogens is 1. The van der Waals surface area contributed by atoms with Crippen LogP contribution in [0.25, 0.3) is 22.4 Å². The third-order valence-corrected chi connectivity index (χ3v) is 6.64. The Morgan fingerprint density at radius 3 is 3.04 bits per heavy atom. The zero-order valence-electron chi connectivity index (χ0n) is 15.6. The molecule has 0 bridgehead atoms. The van der Waals surface area contributed by atoms with E-state index in [2.05, 4.69) is 34.1 Å². The van der Waals surface area contributed by atoms with E-state index in [0.29, 0.717) is 17.2 Å². The van der Waals surface area contributed by atoms with Crippen LogP contribution < -0.4 is 4.90 Å². The minimum Gasteiger partial charge on any atom is -0.377 e. The average molecular weight is 382 g/mol. The molecule has 3 aromatic heterocycles. The summed E-state index contributed by atoms with van der Waals surface area (Å²) in [5.74, 6) is 2.33. The number of rotatable bonds is 4. The molecule has 2 aliphatic rings. The van der Waals surface area contributed by atoms with Gasteiger partial charge in [-0.1, -0.05) is 0 Å². The van der Waals surface area contributed by atoms with Crippen molar-refractivity contribution in [3.05, 3.63) is 36.3 Å². The van der Waals surface area contributed by atoms with E-state index in [1.807, 2.05) is 36.3 Å². The summed E-state index contributed by atoms with van der Waals surface area (Å²) in [5.41, 5.74) is 3.07. The number of aromatic amines is 1. The van der Waals surface area contributed by atoms with Crippen LogP contribution in [0.5, 0.6) is 0 Å². The third-order valence-electron chi connectivity index (χ3n) is 5.51. The summed E-state index contributed by atoms with van der Waals surface area (Å²) >= 11 is 1.93. The van der Waals surface area contributed by atoms with E-state index in [-0.39, 0.29) is 0 Å². The molecule has 0 aromatic carbocycles. The summed E-state index contributed by atoms with van der Waals surface area (Å²) in [5, 5.41) is 1.74. The normalized spacial score (nSPS) is 25.1. The highest BCUT2D eigenvalue weighted by atomic mass is 32.2. The molecule has 2 fully saturated rings. The quantitative estimate of drug-likeness (QED) is 0.746. The number of nitrogens with one attached hydrogen (secondary N) is 1. The van der Waals surface area contributed by atoms with E-state index in [1.54, 1.807) is 0 Å². The maximum absolute atomic E-state index is 5.62. The molecule has 0 spiro atoms. The van der Waals surface area contributed by atoms with Gasteiger partial charge in [0, 0.05) is 47.1 Å². The van der Waals surface area contributed by atoms with Gasteiger partial charge in [-0.25, -0.2) is 15.0 Å². The molecular formula is C20H23N5OS. The lowest BCUT2D eigenvalue weighted by atomic mass is 10.1. The zero-order valence-corrected chi connectivity index (χ0v) is 16.4. The summed E-state index contributed by atoms with van der Waals surface area (Å²) < 4.78 is 5.62. The van der Waals surface area contributed by atoms with Gasteiger partial charge in [-0.05, 0) is 31.7 Å². The molecule has 0 amide bonds. The Morgan fingerprint density at radius 1 is 1.30 bits per heavy atom. The van der Waals surface area contributed by atoms with Crippen molar-refractivity contribution in [2.24, 2.45) is 0 Å². The van der Waals surface area contributed by atoms with Crippen molar-refractivity contribution in [2.75, 3.05) is 30.9 Å². The van der Waals surface area contributed by atoms with Crippen molar-refractivity contribution in [2.45, 2.75) is 30.6 Å². The van der Waals surface area contributed by atoms with Gasteiger partial charge >= 0.3 is 0 Å². The molecule has 3 aromatic rings. The van der Waals surface area contributed by atoms with Crippen molar-refractivity contribution in [3.8, 4) is 11.4 Å². The molecule has 1 aliphatic carbocycles. The van der Waals surface area contributed by atoms with Crippen molar-refractivity contribution in [3.63, 3.8) is 0 Å². The fourth-order valence-electron chi connectivity index (χ4n) is 3.88. The lowest BCUT2D eigenvalue weighted by Gasteiger charge is -2.34. The van der Waals surface area contributed by atoms with Crippen LogP contribution in [-0.4, -0.2) is 57.2 Å². The highest BCUT2D eigenvalue weighted by molar-refractivity contribution is 7.99. The maximum Gasteiger partial charge on any atom is 0.162 e. The van der Waals surface area contributed by atoms with Crippen LogP contribution in [0.2, 0.25) is 0 Å². The van der Waals surface area contributed by atoms with Crippen LogP contribution in [-0.2, 0) is 4.74 Å². The highest BCUT2D eigenvalue weighted by Gasteiger charge is 2.39. The van der Waals surface area contributed by atoms with Gasteiger partial charge in [0.25, 0.3) is 0 Å². The average Bonchev–Trinajstić information content (AvgIpc) is 3.34. The Hall–Kier alpha value is -2.12. The molecule has 5 rings (SSSR count). The summed E-state index contributed by atoms with van der Waals surface area (Å²) in [4.78, 5) is 19.9. The summed E-state index contributed by atoms with van der Waals surface area (Å²) in [6.07, 6.45) is 7.12. The minimum absolute atomic E-state index is 0.314. The van der Waals surface area contributed by atoms with Gasteiger partial charge in [-0.2, -0.15) is 11.8 Å². The van der Waals surface area contributed by atoms with E-state index >= 15 is 0 Å². The molecule has 1 N–H and O–H groups in total. The Morgan fingerprint density at radius 2 is 2.22 bits per heavy atom. The van der Waals surface area contributed by atoms with Crippen LogP contribution >= 0.6 is 11.8 Å². The fourth-order valence-corrected chi connectivity index (χ4v) is 4.74. The van der Waals surface area contributed by atoms with Crippen molar-refractivity contribution >= 4 is 28.6 Å². The Labute approximate surface area is 162 Å². The van der Waals surface area contributed by atoms with E-state index in [4.69, 9.17) is 14.7 Å². The standard InChI is InChI=1S/C20H23N5OS/c1-12-11-26-8-7-25(12)18-10-16(15-9-17(15)27-2)23-20(24-18)14-4-6-22-19-13(14)3-5-21-19/h3-6,10,12,15,17H,7-9,11H2,1-2H3,(H,21,22). The molecule has 3 unspecified atom stereocenters. The molecule has 4 heterocycles. The molecule has 27 heavy (non-hydrogen) atoms. The smallest absolute Gasteiger partial charge is 0.162 e. The van der Waals surface area contributed by atoms with E-state index in [1.165, 1.54) is 6.42 Å². The number of hydrogen-bond donors (Lipinski definition) is 1. The Kier molecular flexibility index (Phi) is 4.28. The molecule has 6 nitrogen and oxygen atoms in total. The second-order valence-corrected chi connectivity index (χ2v) is 8.38. The molecule has 140 valence electrons. The number of fused-ring (bicyclic) bond motifs is 1. The molecule has 1 saturated carbocycles. The molecule has 3 atom stereocenters. The maximum atomic E-state index is 5.62. The first kappa shape index (κ1) is 17.0. The van der Waals surface area contributed by atoms with Crippen LogP contribution in [0.1, 0.15) is 25.0 Å². The summed E-state index contributed by atoms with van der Waals surface area (Å²) in [6, 6.07) is 6.57. The van der Waals surface area contributed by atoms with E-state index in [9.17, 15) is 0 Å². The summed E-state index contributed by atoms with van der Waals surface area (Å²) in [6.45, 7) is 4.54. The first-order valence-electron chi connectivity index (χ1n) is 9.43. The number of pyridine rings is 1. The van der Waals surface area contributed by atoms with Gasteiger partial charge in [0.15, 0.2) is 5.82 Å². The van der Waals surface area contributed by atoms with Crippen LogP contribution in [0.3, 0.4) is 0 Å². The second kappa shape index (κ2) is 6.80. The topological polar surface area (TPSA) is 66.9 Å². The van der Waals surface area contributed by atoms with Gasteiger partial charge in [-0.15, -0.1) is 0 Å². The lowest BCUT2D eigenvalue weighted by Crippen LogP contribution is -2.44. The second-order valence-electron chi connectivity index (χ2n) is 7.31. The van der Waals surface area contributed by atoms with Gasteiger partial charge in [0.2, 0.25) is 0 Å². The van der Waals surface area contributed by atoms with Crippen molar-refractivity contribution in [1.29, 1.82) is 0 Å². The number of aromatic nitrogens is 4. The number of anilines is 1. The number of morpholine rings is 1. The monoisotopic (exact) mass is 381 g/mol. The van der Waals surface area contributed by atoms with Gasteiger partial charge in [-0.3, -0.25) is 0 Å². The third kappa shape index (κ3) is 3.08. The van der Waals surface area contributed by atoms with Gasteiger partial charge in [0.05, 0.1) is 24.9 Å². The van der Waals surface area contributed by atoms with Crippen molar-refractivity contribution in [1.82, 2.24) is 19.9 Å². The van der Waals surface area contributed by atoms with Crippen LogP contribution in [0.15, 0.2) is 30.6 Å². The van der Waals surface area contributed by atoms with Crippen LogP contribution in [0, 0.1) is 0 Å². The molecule has 7 heteroatoms. The Bertz CT molecular complexity index is 974. The minimum atomic E-state index is 0.314. The number of nitrogens with zero attached hydrogens (tertiary/aromatic N) is 4. The molecule has 1 aliphatic heterocycles. The Balaban J connectivity index is 1.63. The highest BCUT2D eigenvalue weighted by Crippen LogP contribution is 2.48. The predicted octanol–water partition coefficient (Wildman–Crippen LogP) is 3.46. The van der Waals surface area contributed by atoms with Gasteiger partial charge in [0.1, 0.15) is 11.5 Å². The first-order valence-corrected chi connectivity index (χ1v) is 10.7. The van der Waals surface area contributed by atoms with E-state index in [0.717, 1.165) is 53.7 Å². The predicted molar refractivity (Wildman–Crippen MR) is 109 cm³/mol. The number of thioether (sulfide) groups is 1. The number of hydrogen-bond acceptors (Lipinski definition) is 6. The first-order chi connectivity index (χ1) is 13.2. The van der Waals surface area contributed by atoms with Crippen molar-refractivity contribution < 1.29 is 4.74 Å². The lowest BCUT2D eigenvalue weighted by molar-refractivity contribution is 0.0985. The molecule has 1 saturated heterocycles. The van der Waals surface area contributed by atoms with E-state index < -0.39 is 0 Å². The SMILES string of the molecule is CSC1CC1c1cc(N2CCOCC2C)nc(-c2ccnc3[nH]ccc23)n1. The van der Waals surface area contributed by atoms with Crippen LogP contribution in [0.4, 0.5) is 5.82 Å². The molecular weight excluding hydrogens is 358 g/mol. The van der Waals surface area contributed by atoms with Gasteiger partial charge < -0.3 is 14.6 Å².